The molecule has 3 heteroatoms. The minimum absolute atomic E-state index is 0.277. The van der Waals surface area contributed by atoms with Crippen molar-refractivity contribution >= 4 is 11.6 Å². The van der Waals surface area contributed by atoms with Crippen LogP contribution in [0.15, 0.2) is 24.3 Å². The molecule has 0 aliphatic rings. The van der Waals surface area contributed by atoms with Crippen molar-refractivity contribution in [3.63, 3.8) is 0 Å². The fourth-order valence-electron chi connectivity index (χ4n) is 1.69. The highest BCUT2D eigenvalue weighted by atomic mass is 35.5. The van der Waals surface area contributed by atoms with Crippen LogP contribution in [-0.2, 0) is 0 Å². The number of benzene rings is 1. The van der Waals surface area contributed by atoms with E-state index in [-0.39, 0.29) is 6.61 Å². The maximum Gasteiger partial charge on any atom is 0.0431 e. The summed E-state index contributed by atoms with van der Waals surface area (Å²) in [7, 11) is 2.10. The van der Waals surface area contributed by atoms with Gasteiger partial charge in [0.1, 0.15) is 0 Å². The van der Waals surface area contributed by atoms with Gasteiger partial charge in [-0.1, -0.05) is 23.7 Å². The molecular formula is C13H20ClNO. The number of hydrogen-bond donors (Lipinski definition) is 1. The summed E-state index contributed by atoms with van der Waals surface area (Å²) in [5.41, 5.74) is 1.24. The topological polar surface area (TPSA) is 23.5 Å². The fraction of sp³-hybridized carbons (Fsp3) is 0.538. The summed E-state index contributed by atoms with van der Waals surface area (Å²) in [5, 5.41) is 9.52. The molecule has 0 aliphatic carbocycles. The van der Waals surface area contributed by atoms with Crippen LogP contribution in [0.4, 0.5) is 0 Å². The highest BCUT2D eigenvalue weighted by Crippen LogP contribution is 2.21. The number of aliphatic hydroxyl groups is 1. The minimum Gasteiger partial charge on any atom is -0.396 e. The van der Waals surface area contributed by atoms with Crippen LogP contribution in [0.5, 0.6) is 0 Å². The average molecular weight is 242 g/mol. The second-order valence-electron chi connectivity index (χ2n) is 4.14. The second kappa shape index (κ2) is 6.89. The predicted octanol–water partition coefficient (Wildman–Crippen LogP) is 3.11. The molecule has 0 amide bonds. The summed E-state index contributed by atoms with van der Waals surface area (Å²) < 4.78 is 0. The molecule has 0 bridgehead atoms. The third-order valence-electron chi connectivity index (χ3n) is 2.91. The number of rotatable bonds is 6. The number of nitrogens with zero attached hydrogens (tertiary/aromatic N) is 1. The van der Waals surface area contributed by atoms with Gasteiger partial charge in [-0.25, -0.2) is 0 Å². The Hall–Kier alpha value is -0.570. The molecule has 1 rings (SSSR count). The van der Waals surface area contributed by atoms with Gasteiger partial charge in [-0.3, -0.25) is 4.90 Å². The highest BCUT2D eigenvalue weighted by Gasteiger charge is 2.10. The Morgan fingerprint density at radius 2 is 2.12 bits per heavy atom. The lowest BCUT2D eigenvalue weighted by Crippen LogP contribution is -2.23. The standard InChI is InChI=1S/C13H20ClNO/c1-11(15(2)8-3-4-9-16)12-6-5-7-13(14)10-12/h5-7,10-11,16H,3-4,8-9H2,1-2H3. The Kier molecular flexibility index (Phi) is 5.81. The van der Waals surface area contributed by atoms with Crippen LogP contribution in [0.3, 0.4) is 0 Å². The summed E-state index contributed by atoms with van der Waals surface area (Å²) in [6.45, 7) is 3.44. The molecular weight excluding hydrogens is 222 g/mol. The van der Waals surface area contributed by atoms with Gasteiger partial charge in [-0.15, -0.1) is 0 Å². The van der Waals surface area contributed by atoms with E-state index in [1.165, 1.54) is 5.56 Å². The molecule has 1 aromatic rings. The third-order valence-corrected chi connectivity index (χ3v) is 3.15. The van der Waals surface area contributed by atoms with Gasteiger partial charge in [-0.2, -0.15) is 0 Å². The van der Waals surface area contributed by atoms with E-state index in [0.29, 0.717) is 6.04 Å². The van der Waals surface area contributed by atoms with E-state index in [1.807, 2.05) is 18.2 Å². The normalized spacial score (nSPS) is 13.1. The van der Waals surface area contributed by atoms with Gasteiger partial charge in [0.25, 0.3) is 0 Å². The molecule has 0 spiro atoms. The lowest BCUT2D eigenvalue weighted by molar-refractivity contribution is 0.234. The zero-order valence-corrected chi connectivity index (χ0v) is 10.7. The van der Waals surface area contributed by atoms with E-state index in [0.717, 1.165) is 24.4 Å². The van der Waals surface area contributed by atoms with E-state index in [9.17, 15) is 0 Å². The van der Waals surface area contributed by atoms with Crippen molar-refractivity contribution in [3.05, 3.63) is 34.9 Å². The van der Waals surface area contributed by atoms with Crippen molar-refractivity contribution in [1.82, 2.24) is 4.90 Å². The maximum atomic E-state index is 8.74. The van der Waals surface area contributed by atoms with Crippen LogP contribution in [0.1, 0.15) is 31.4 Å². The zero-order valence-electron chi connectivity index (χ0n) is 9.99. The van der Waals surface area contributed by atoms with E-state index in [4.69, 9.17) is 16.7 Å². The molecule has 0 saturated carbocycles. The molecule has 1 unspecified atom stereocenters. The quantitative estimate of drug-likeness (QED) is 0.774. The molecule has 0 fully saturated rings. The van der Waals surface area contributed by atoms with Crippen molar-refractivity contribution < 1.29 is 5.11 Å². The van der Waals surface area contributed by atoms with E-state index in [2.05, 4.69) is 24.9 Å². The number of halogens is 1. The summed E-state index contributed by atoms with van der Waals surface area (Å²) in [5.74, 6) is 0. The van der Waals surface area contributed by atoms with Crippen LogP contribution in [-0.4, -0.2) is 30.2 Å². The number of unbranched alkanes of at least 4 members (excludes halogenated alkanes) is 1. The first-order valence-electron chi connectivity index (χ1n) is 5.71. The van der Waals surface area contributed by atoms with E-state index in [1.54, 1.807) is 0 Å². The van der Waals surface area contributed by atoms with Gasteiger partial charge in [0.05, 0.1) is 0 Å². The lowest BCUT2D eigenvalue weighted by atomic mass is 10.1. The molecule has 0 radical (unpaired) electrons. The molecule has 2 nitrogen and oxygen atoms in total. The van der Waals surface area contributed by atoms with Gasteiger partial charge < -0.3 is 5.11 Å². The second-order valence-corrected chi connectivity index (χ2v) is 4.58. The van der Waals surface area contributed by atoms with Crippen molar-refractivity contribution in [2.45, 2.75) is 25.8 Å². The zero-order chi connectivity index (χ0) is 12.0. The molecule has 0 saturated heterocycles. The molecule has 16 heavy (non-hydrogen) atoms. The first-order valence-corrected chi connectivity index (χ1v) is 6.09. The van der Waals surface area contributed by atoms with Crippen LogP contribution in [0, 0.1) is 0 Å². The van der Waals surface area contributed by atoms with Gasteiger partial charge in [0.15, 0.2) is 0 Å². The average Bonchev–Trinajstić information content (AvgIpc) is 2.28. The monoisotopic (exact) mass is 241 g/mol. The van der Waals surface area contributed by atoms with Crippen LogP contribution < -0.4 is 0 Å². The Bertz CT molecular complexity index is 317. The molecule has 1 atom stereocenters. The summed E-state index contributed by atoms with van der Waals surface area (Å²) in [6, 6.07) is 8.34. The SMILES string of the molecule is CC(c1cccc(Cl)c1)N(C)CCCCO. The molecule has 90 valence electrons. The molecule has 0 aromatic heterocycles. The van der Waals surface area contributed by atoms with Gasteiger partial charge in [-0.05, 0) is 51.1 Å². The Morgan fingerprint density at radius 1 is 1.38 bits per heavy atom. The first kappa shape index (κ1) is 13.5. The minimum atomic E-state index is 0.277. The van der Waals surface area contributed by atoms with Gasteiger partial charge >= 0.3 is 0 Å². The summed E-state index contributed by atoms with van der Waals surface area (Å²) in [4.78, 5) is 2.28. The number of aliphatic hydroxyl groups excluding tert-OH is 1. The van der Waals surface area contributed by atoms with Crippen molar-refractivity contribution in [3.8, 4) is 0 Å². The van der Waals surface area contributed by atoms with Crippen LogP contribution >= 0.6 is 11.6 Å². The Morgan fingerprint density at radius 3 is 2.75 bits per heavy atom. The van der Waals surface area contributed by atoms with Crippen LogP contribution in [0.25, 0.3) is 0 Å². The first-order chi connectivity index (χ1) is 7.65. The van der Waals surface area contributed by atoms with Crippen molar-refractivity contribution in [1.29, 1.82) is 0 Å². The molecule has 1 N–H and O–H groups in total. The highest BCUT2D eigenvalue weighted by molar-refractivity contribution is 6.30. The third kappa shape index (κ3) is 4.12. The molecule has 1 aromatic carbocycles. The molecule has 0 aliphatic heterocycles. The largest absolute Gasteiger partial charge is 0.396 e. The van der Waals surface area contributed by atoms with E-state index >= 15 is 0 Å². The van der Waals surface area contributed by atoms with Gasteiger partial charge in [0, 0.05) is 17.7 Å². The maximum absolute atomic E-state index is 8.74. The number of hydrogen-bond acceptors (Lipinski definition) is 2. The predicted molar refractivity (Wildman–Crippen MR) is 68.8 cm³/mol. The summed E-state index contributed by atoms with van der Waals surface area (Å²) >= 11 is 5.97. The fourth-order valence-corrected chi connectivity index (χ4v) is 1.89. The Labute approximate surface area is 103 Å². The smallest absolute Gasteiger partial charge is 0.0431 e. The van der Waals surface area contributed by atoms with Crippen molar-refractivity contribution in [2.75, 3.05) is 20.2 Å². The summed E-state index contributed by atoms with van der Waals surface area (Å²) in [6.07, 6.45) is 1.89. The molecule has 0 heterocycles. The Balaban J connectivity index is 2.52. The van der Waals surface area contributed by atoms with Crippen molar-refractivity contribution in [2.24, 2.45) is 0 Å². The lowest BCUT2D eigenvalue weighted by Gasteiger charge is -2.25. The van der Waals surface area contributed by atoms with Gasteiger partial charge in [0.2, 0.25) is 0 Å². The van der Waals surface area contributed by atoms with Crippen LogP contribution in [0.2, 0.25) is 5.02 Å². The van der Waals surface area contributed by atoms with E-state index < -0.39 is 0 Å².